The molecule has 0 aromatic carbocycles. The maximum Gasteiger partial charge on any atom is 0.252 e. The molecular weight excluding hydrogens is 346 g/mol. The number of hydrogen-bond acceptors (Lipinski definition) is 4. The van der Waals surface area contributed by atoms with Gasteiger partial charge in [-0.2, -0.15) is 11.3 Å². The molecule has 0 unspecified atom stereocenters. The molecule has 1 aromatic heterocycles. The van der Waals surface area contributed by atoms with E-state index in [1.807, 2.05) is 21.7 Å². The highest BCUT2D eigenvalue weighted by molar-refractivity contribution is 7.08. The van der Waals surface area contributed by atoms with Gasteiger partial charge in [0.15, 0.2) is 0 Å². The number of nitrogens with zero attached hydrogens (tertiary/aromatic N) is 1. The van der Waals surface area contributed by atoms with E-state index < -0.39 is 0 Å². The van der Waals surface area contributed by atoms with E-state index in [1.165, 1.54) is 11.3 Å². The van der Waals surface area contributed by atoms with Crippen molar-refractivity contribution in [1.29, 1.82) is 0 Å². The minimum atomic E-state index is -0.0528. The lowest BCUT2D eigenvalue weighted by molar-refractivity contribution is -0.132. The highest BCUT2D eigenvalue weighted by Gasteiger charge is 2.21. The number of amides is 2. The molecule has 2 heterocycles. The molecule has 2 amide bonds. The summed E-state index contributed by atoms with van der Waals surface area (Å²) in [7, 11) is 0. The standard InChI is InChI=1S/C17H27N3O2S.ClH/c1-2-18-12-14-5-9-20(10-6-14)16(21)4-3-8-19-17(22)15-7-11-23-13-15;/h7,11,13-14,18H,2-6,8-10,12H2,1H3,(H,19,22);1H. The Labute approximate surface area is 154 Å². The first-order chi connectivity index (χ1) is 11.2. The Morgan fingerprint density at radius 2 is 2.08 bits per heavy atom. The summed E-state index contributed by atoms with van der Waals surface area (Å²) >= 11 is 1.51. The van der Waals surface area contributed by atoms with E-state index in [0.29, 0.717) is 30.9 Å². The summed E-state index contributed by atoms with van der Waals surface area (Å²) < 4.78 is 0. The van der Waals surface area contributed by atoms with Crippen LogP contribution in [0.1, 0.15) is 43.0 Å². The summed E-state index contributed by atoms with van der Waals surface area (Å²) in [6, 6.07) is 1.81. The Balaban J connectivity index is 0.00000288. The molecule has 1 saturated heterocycles. The molecule has 0 saturated carbocycles. The second-order valence-corrected chi connectivity index (χ2v) is 6.78. The van der Waals surface area contributed by atoms with Crippen molar-refractivity contribution in [3.05, 3.63) is 22.4 Å². The quantitative estimate of drug-likeness (QED) is 0.688. The van der Waals surface area contributed by atoms with Crippen molar-refractivity contribution in [3.8, 4) is 0 Å². The highest BCUT2D eigenvalue weighted by Crippen LogP contribution is 2.17. The van der Waals surface area contributed by atoms with Crippen LogP contribution in [0.3, 0.4) is 0 Å². The van der Waals surface area contributed by atoms with Gasteiger partial charge in [0.1, 0.15) is 0 Å². The number of piperidine rings is 1. The van der Waals surface area contributed by atoms with Crippen molar-refractivity contribution in [2.75, 3.05) is 32.7 Å². The van der Waals surface area contributed by atoms with Crippen LogP contribution in [0.25, 0.3) is 0 Å². The minimum Gasteiger partial charge on any atom is -0.352 e. The molecule has 2 N–H and O–H groups in total. The zero-order valence-corrected chi connectivity index (χ0v) is 15.9. The van der Waals surface area contributed by atoms with Gasteiger partial charge >= 0.3 is 0 Å². The summed E-state index contributed by atoms with van der Waals surface area (Å²) in [6.07, 6.45) is 3.40. The van der Waals surface area contributed by atoms with Gasteiger partial charge in [-0.15, -0.1) is 12.4 Å². The van der Waals surface area contributed by atoms with Crippen LogP contribution in [0.4, 0.5) is 0 Å². The summed E-state index contributed by atoms with van der Waals surface area (Å²) in [5.74, 6) is 0.864. The van der Waals surface area contributed by atoms with Gasteiger partial charge in [-0.25, -0.2) is 0 Å². The Kier molecular flexibility index (Phi) is 9.98. The fraction of sp³-hybridized carbons (Fsp3) is 0.647. The van der Waals surface area contributed by atoms with Crippen LogP contribution < -0.4 is 10.6 Å². The summed E-state index contributed by atoms with van der Waals surface area (Å²) in [5.41, 5.74) is 0.698. The maximum atomic E-state index is 12.2. The number of thiophene rings is 1. The molecule has 0 atom stereocenters. The number of halogens is 1. The third-order valence-corrected chi connectivity index (χ3v) is 4.97. The Morgan fingerprint density at radius 3 is 2.71 bits per heavy atom. The molecular formula is C17H28ClN3O2S. The fourth-order valence-electron chi connectivity index (χ4n) is 2.83. The topological polar surface area (TPSA) is 61.4 Å². The highest BCUT2D eigenvalue weighted by atomic mass is 35.5. The molecule has 7 heteroatoms. The van der Waals surface area contributed by atoms with Gasteiger partial charge in [0, 0.05) is 37.0 Å². The van der Waals surface area contributed by atoms with Gasteiger partial charge in [-0.3, -0.25) is 9.59 Å². The van der Waals surface area contributed by atoms with E-state index in [-0.39, 0.29) is 24.2 Å². The molecule has 0 radical (unpaired) electrons. The van der Waals surface area contributed by atoms with E-state index in [0.717, 1.165) is 39.0 Å². The van der Waals surface area contributed by atoms with E-state index in [4.69, 9.17) is 0 Å². The largest absolute Gasteiger partial charge is 0.352 e. The first kappa shape index (κ1) is 20.9. The average Bonchev–Trinajstić information content (AvgIpc) is 3.11. The van der Waals surface area contributed by atoms with Crippen molar-refractivity contribution < 1.29 is 9.59 Å². The van der Waals surface area contributed by atoms with Gasteiger partial charge in [-0.05, 0) is 49.7 Å². The molecule has 1 fully saturated rings. The number of likely N-dealkylation sites (tertiary alicyclic amines) is 1. The lowest BCUT2D eigenvalue weighted by Crippen LogP contribution is -2.41. The van der Waals surface area contributed by atoms with E-state index >= 15 is 0 Å². The van der Waals surface area contributed by atoms with E-state index in [1.54, 1.807) is 0 Å². The van der Waals surface area contributed by atoms with Crippen LogP contribution in [-0.4, -0.2) is 49.4 Å². The molecule has 1 aliphatic rings. The average molecular weight is 374 g/mol. The Hall–Kier alpha value is -1.11. The molecule has 24 heavy (non-hydrogen) atoms. The van der Waals surface area contributed by atoms with Crippen molar-refractivity contribution in [2.45, 2.75) is 32.6 Å². The molecule has 1 aliphatic heterocycles. The van der Waals surface area contributed by atoms with E-state index in [2.05, 4.69) is 17.6 Å². The van der Waals surface area contributed by atoms with Crippen molar-refractivity contribution >= 4 is 35.6 Å². The van der Waals surface area contributed by atoms with Gasteiger partial charge in [0.05, 0.1) is 0 Å². The number of rotatable bonds is 8. The monoisotopic (exact) mass is 373 g/mol. The predicted octanol–water partition coefficient (Wildman–Crippen LogP) is 2.53. The Morgan fingerprint density at radius 1 is 1.33 bits per heavy atom. The van der Waals surface area contributed by atoms with Crippen LogP contribution in [-0.2, 0) is 4.79 Å². The molecule has 1 aromatic rings. The first-order valence-corrected chi connectivity index (χ1v) is 9.44. The molecule has 5 nitrogen and oxygen atoms in total. The van der Waals surface area contributed by atoms with Gasteiger partial charge in [-0.1, -0.05) is 6.92 Å². The SMILES string of the molecule is CCNCC1CCN(C(=O)CCCNC(=O)c2ccsc2)CC1.Cl. The summed E-state index contributed by atoms with van der Waals surface area (Å²) in [6.45, 7) is 6.49. The first-order valence-electron chi connectivity index (χ1n) is 8.49. The second kappa shape index (κ2) is 11.4. The molecule has 0 bridgehead atoms. The Bertz CT molecular complexity index is 488. The second-order valence-electron chi connectivity index (χ2n) is 6.00. The molecule has 0 spiro atoms. The minimum absolute atomic E-state index is 0. The summed E-state index contributed by atoms with van der Waals surface area (Å²) in [5, 5.41) is 9.96. The van der Waals surface area contributed by atoms with Gasteiger partial charge < -0.3 is 15.5 Å². The fourth-order valence-corrected chi connectivity index (χ4v) is 3.47. The normalized spacial score (nSPS) is 15.0. The third-order valence-electron chi connectivity index (χ3n) is 4.29. The van der Waals surface area contributed by atoms with Gasteiger partial charge in [0.25, 0.3) is 5.91 Å². The van der Waals surface area contributed by atoms with Crippen molar-refractivity contribution in [2.24, 2.45) is 5.92 Å². The zero-order valence-electron chi connectivity index (χ0n) is 14.3. The van der Waals surface area contributed by atoms with Crippen molar-refractivity contribution in [1.82, 2.24) is 15.5 Å². The maximum absolute atomic E-state index is 12.2. The molecule has 136 valence electrons. The van der Waals surface area contributed by atoms with Crippen LogP contribution in [0.15, 0.2) is 16.8 Å². The number of hydrogen-bond donors (Lipinski definition) is 2. The number of nitrogens with one attached hydrogen (secondary N) is 2. The number of carbonyl (C=O) groups excluding carboxylic acids is 2. The predicted molar refractivity (Wildman–Crippen MR) is 101 cm³/mol. The lowest BCUT2D eigenvalue weighted by atomic mass is 9.96. The van der Waals surface area contributed by atoms with Crippen LogP contribution in [0.2, 0.25) is 0 Å². The summed E-state index contributed by atoms with van der Waals surface area (Å²) in [4.78, 5) is 25.9. The smallest absolute Gasteiger partial charge is 0.252 e. The number of carbonyl (C=O) groups is 2. The van der Waals surface area contributed by atoms with E-state index in [9.17, 15) is 9.59 Å². The van der Waals surface area contributed by atoms with Gasteiger partial charge in [0.2, 0.25) is 5.91 Å². The third kappa shape index (κ3) is 6.79. The molecule has 2 rings (SSSR count). The lowest BCUT2D eigenvalue weighted by Gasteiger charge is -2.32. The molecule has 0 aliphatic carbocycles. The van der Waals surface area contributed by atoms with Crippen molar-refractivity contribution in [3.63, 3.8) is 0 Å². The van der Waals surface area contributed by atoms with Crippen LogP contribution in [0.5, 0.6) is 0 Å². The van der Waals surface area contributed by atoms with Crippen LogP contribution >= 0.6 is 23.7 Å². The zero-order chi connectivity index (χ0) is 16.5. The van der Waals surface area contributed by atoms with Crippen LogP contribution in [0, 0.1) is 5.92 Å².